The van der Waals surface area contributed by atoms with Gasteiger partial charge in [0.25, 0.3) is 0 Å². The molecule has 0 spiro atoms. The van der Waals surface area contributed by atoms with E-state index in [1.165, 1.54) is 12.1 Å². The summed E-state index contributed by atoms with van der Waals surface area (Å²) in [6, 6.07) is -0.185. The first kappa shape index (κ1) is 6.51. The summed E-state index contributed by atoms with van der Waals surface area (Å²) >= 11 is 0. The molecule has 4 nitrogen and oxygen atoms in total. The summed E-state index contributed by atoms with van der Waals surface area (Å²) in [6.45, 7) is 0.791. The highest BCUT2D eigenvalue weighted by Crippen LogP contribution is 2.12. The van der Waals surface area contributed by atoms with Crippen LogP contribution in [0.3, 0.4) is 0 Å². The van der Waals surface area contributed by atoms with E-state index in [2.05, 4.69) is 4.74 Å². The normalized spacial score (nSPS) is 27.1. The van der Waals surface area contributed by atoms with Crippen LogP contribution in [0.25, 0.3) is 0 Å². The Morgan fingerprint density at radius 3 is 2.67 bits per heavy atom. The quantitative estimate of drug-likeness (QED) is 0.369. The first-order chi connectivity index (χ1) is 4.25. The molecule has 0 aliphatic carbocycles. The van der Waals surface area contributed by atoms with Gasteiger partial charge in [-0.25, -0.2) is 5.01 Å². The maximum atomic E-state index is 10.7. The second kappa shape index (κ2) is 2.33. The third-order valence-electron chi connectivity index (χ3n) is 1.53. The van der Waals surface area contributed by atoms with Gasteiger partial charge in [0.05, 0.1) is 7.11 Å². The molecule has 9 heavy (non-hydrogen) atoms. The van der Waals surface area contributed by atoms with Crippen LogP contribution in [0.4, 0.5) is 0 Å². The standard InChI is InChI=1S/C5H10N2O2/c1-9-5(8)4-2-3-7(4)6/h4H,2-3,6H2,1H3/t4-/m0/s1. The zero-order chi connectivity index (χ0) is 6.85. The molecule has 1 fully saturated rings. The molecule has 1 heterocycles. The van der Waals surface area contributed by atoms with Gasteiger partial charge in [-0.3, -0.25) is 10.6 Å². The number of rotatable bonds is 1. The molecular weight excluding hydrogens is 120 g/mol. The molecule has 2 N–H and O–H groups in total. The van der Waals surface area contributed by atoms with Gasteiger partial charge >= 0.3 is 5.97 Å². The zero-order valence-electron chi connectivity index (χ0n) is 5.33. The van der Waals surface area contributed by atoms with E-state index in [-0.39, 0.29) is 12.0 Å². The van der Waals surface area contributed by atoms with Crippen molar-refractivity contribution in [2.24, 2.45) is 5.84 Å². The highest BCUT2D eigenvalue weighted by Gasteiger charge is 2.32. The van der Waals surface area contributed by atoms with Gasteiger partial charge in [-0.05, 0) is 6.42 Å². The third-order valence-corrected chi connectivity index (χ3v) is 1.53. The van der Waals surface area contributed by atoms with Gasteiger partial charge < -0.3 is 4.74 Å². The Hall–Kier alpha value is -0.610. The van der Waals surface area contributed by atoms with E-state index in [0.717, 1.165) is 13.0 Å². The van der Waals surface area contributed by atoms with Crippen LogP contribution in [0.1, 0.15) is 6.42 Å². The third kappa shape index (κ3) is 1.04. The van der Waals surface area contributed by atoms with Crippen LogP contribution in [0.5, 0.6) is 0 Å². The molecule has 1 aliphatic rings. The Bertz CT molecular complexity index is 126. The van der Waals surface area contributed by atoms with Crippen LogP contribution in [0.15, 0.2) is 0 Å². The van der Waals surface area contributed by atoms with E-state index in [9.17, 15) is 4.79 Å². The molecule has 1 aliphatic heterocycles. The minimum absolute atomic E-state index is 0.185. The number of nitrogens with two attached hydrogens (primary N) is 1. The Morgan fingerprint density at radius 1 is 1.89 bits per heavy atom. The number of carbonyl (C=O) groups is 1. The summed E-state index contributed by atoms with van der Waals surface area (Å²) in [6.07, 6.45) is 0.823. The lowest BCUT2D eigenvalue weighted by atomic mass is 10.1. The lowest BCUT2D eigenvalue weighted by Gasteiger charge is -2.34. The lowest BCUT2D eigenvalue weighted by molar-refractivity contribution is -0.152. The van der Waals surface area contributed by atoms with Gasteiger partial charge in [0.2, 0.25) is 0 Å². The molecule has 0 aromatic rings. The van der Waals surface area contributed by atoms with Crippen LogP contribution in [0.2, 0.25) is 0 Å². The van der Waals surface area contributed by atoms with Crippen molar-refractivity contribution in [1.82, 2.24) is 5.01 Å². The average molecular weight is 130 g/mol. The topological polar surface area (TPSA) is 55.6 Å². The van der Waals surface area contributed by atoms with Gasteiger partial charge in [-0.2, -0.15) is 0 Å². The highest BCUT2D eigenvalue weighted by atomic mass is 16.5. The summed E-state index contributed by atoms with van der Waals surface area (Å²) in [5.41, 5.74) is 0. The summed E-state index contributed by atoms with van der Waals surface area (Å²) in [7, 11) is 1.37. The van der Waals surface area contributed by atoms with Crippen molar-refractivity contribution in [2.75, 3.05) is 13.7 Å². The lowest BCUT2D eigenvalue weighted by Crippen LogP contribution is -2.56. The van der Waals surface area contributed by atoms with Crippen molar-refractivity contribution in [1.29, 1.82) is 0 Å². The largest absolute Gasteiger partial charge is 0.468 e. The molecule has 0 unspecified atom stereocenters. The molecule has 0 saturated carbocycles. The van der Waals surface area contributed by atoms with Crippen molar-refractivity contribution in [3.8, 4) is 0 Å². The van der Waals surface area contributed by atoms with Gasteiger partial charge in [0, 0.05) is 6.54 Å². The molecule has 4 heteroatoms. The number of hydrogen-bond donors (Lipinski definition) is 1. The minimum atomic E-state index is -0.233. The number of hydrogen-bond acceptors (Lipinski definition) is 4. The minimum Gasteiger partial charge on any atom is -0.468 e. The molecule has 1 atom stereocenters. The number of carbonyl (C=O) groups excluding carboxylic acids is 1. The maximum Gasteiger partial charge on any atom is 0.324 e. The van der Waals surface area contributed by atoms with E-state index in [4.69, 9.17) is 5.84 Å². The van der Waals surface area contributed by atoms with E-state index in [1.807, 2.05) is 0 Å². The maximum absolute atomic E-state index is 10.7. The molecule has 0 aromatic carbocycles. The van der Waals surface area contributed by atoms with Crippen molar-refractivity contribution in [3.05, 3.63) is 0 Å². The van der Waals surface area contributed by atoms with Gasteiger partial charge in [-0.15, -0.1) is 0 Å². The number of nitrogens with zero attached hydrogens (tertiary/aromatic N) is 1. The van der Waals surface area contributed by atoms with Crippen LogP contribution >= 0.6 is 0 Å². The molecule has 0 amide bonds. The van der Waals surface area contributed by atoms with Crippen LogP contribution in [-0.4, -0.2) is 30.7 Å². The first-order valence-electron chi connectivity index (χ1n) is 2.85. The van der Waals surface area contributed by atoms with E-state index in [1.54, 1.807) is 0 Å². The number of methoxy groups -OCH3 is 1. The van der Waals surface area contributed by atoms with Gasteiger partial charge in [0.15, 0.2) is 0 Å². The first-order valence-corrected chi connectivity index (χ1v) is 2.85. The predicted molar refractivity (Wildman–Crippen MR) is 31.3 cm³/mol. The van der Waals surface area contributed by atoms with Crippen LogP contribution in [-0.2, 0) is 9.53 Å². The van der Waals surface area contributed by atoms with Crippen molar-refractivity contribution in [3.63, 3.8) is 0 Å². The summed E-state index contributed by atoms with van der Waals surface area (Å²) in [5.74, 6) is 5.10. The summed E-state index contributed by atoms with van der Waals surface area (Å²) in [5, 5.41) is 1.48. The molecule has 0 bridgehead atoms. The smallest absolute Gasteiger partial charge is 0.324 e. The van der Waals surface area contributed by atoms with E-state index >= 15 is 0 Å². The molecule has 0 radical (unpaired) electrons. The van der Waals surface area contributed by atoms with Gasteiger partial charge in [0.1, 0.15) is 6.04 Å². The molecule has 52 valence electrons. The Balaban J connectivity index is 2.35. The fourth-order valence-electron chi connectivity index (χ4n) is 0.797. The summed E-state index contributed by atoms with van der Waals surface area (Å²) in [4.78, 5) is 10.7. The van der Waals surface area contributed by atoms with E-state index < -0.39 is 0 Å². The highest BCUT2D eigenvalue weighted by molar-refractivity contribution is 5.76. The van der Waals surface area contributed by atoms with Crippen LogP contribution in [0, 0.1) is 0 Å². The van der Waals surface area contributed by atoms with Crippen molar-refractivity contribution in [2.45, 2.75) is 12.5 Å². The van der Waals surface area contributed by atoms with Gasteiger partial charge in [-0.1, -0.05) is 0 Å². The van der Waals surface area contributed by atoms with Crippen molar-refractivity contribution < 1.29 is 9.53 Å². The number of ether oxygens (including phenoxy) is 1. The zero-order valence-corrected chi connectivity index (χ0v) is 5.33. The van der Waals surface area contributed by atoms with Crippen LogP contribution < -0.4 is 5.84 Å². The molecule has 1 rings (SSSR count). The Labute approximate surface area is 53.5 Å². The molecule has 0 aromatic heterocycles. The fourth-order valence-corrected chi connectivity index (χ4v) is 0.797. The molecule has 1 saturated heterocycles. The average Bonchev–Trinajstić information content (AvgIpc) is 1.84. The Morgan fingerprint density at radius 2 is 2.56 bits per heavy atom. The number of hydrazine groups is 1. The monoisotopic (exact) mass is 130 g/mol. The SMILES string of the molecule is COC(=O)[C@@H]1CCN1N. The van der Waals surface area contributed by atoms with E-state index in [0.29, 0.717) is 0 Å². The van der Waals surface area contributed by atoms with Crippen molar-refractivity contribution >= 4 is 5.97 Å². The fraction of sp³-hybridized carbons (Fsp3) is 0.800. The second-order valence-corrected chi connectivity index (χ2v) is 2.07. The predicted octanol–water partition coefficient (Wildman–Crippen LogP) is -0.893. The number of esters is 1. The summed E-state index contributed by atoms with van der Waals surface area (Å²) < 4.78 is 4.46. The second-order valence-electron chi connectivity index (χ2n) is 2.07. The molecular formula is C5H10N2O2. The Kier molecular flexibility index (Phi) is 1.68.